The molecule has 5 nitrogen and oxygen atoms in total. The van der Waals surface area contributed by atoms with Gasteiger partial charge in [-0.2, -0.15) is 0 Å². The molecule has 3 aromatic rings. The number of rotatable bonds is 4. The lowest BCUT2D eigenvalue weighted by molar-refractivity contribution is 0.262. The van der Waals surface area contributed by atoms with Crippen LogP contribution in [0.1, 0.15) is 10.6 Å². The lowest BCUT2D eigenvalue weighted by atomic mass is 10.1. The van der Waals surface area contributed by atoms with E-state index in [1.807, 2.05) is 61.7 Å². The lowest BCUT2D eigenvalue weighted by Crippen LogP contribution is -2.19. The van der Waals surface area contributed by atoms with Gasteiger partial charge in [-0.05, 0) is 49.7 Å². The van der Waals surface area contributed by atoms with Crippen molar-refractivity contribution in [3.05, 3.63) is 58.4 Å². The minimum absolute atomic E-state index is 0.292. The number of benzene rings is 2. The lowest BCUT2D eigenvalue weighted by Gasteiger charge is -2.11. The van der Waals surface area contributed by atoms with Crippen LogP contribution in [0.3, 0.4) is 0 Å². The van der Waals surface area contributed by atoms with Gasteiger partial charge in [-0.3, -0.25) is 0 Å². The summed E-state index contributed by atoms with van der Waals surface area (Å²) in [4.78, 5) is 16.7. The van der Waals surface area contributed by atoms with Gasteiger partial charge in [-0.1, -0.05) is 12.1 Å². The molecule has 0 aliphatic heterocycles. The summed E-state index contributed by atoms with van der Waals surface area (Å²) in [6.45, 7) is 3.89. The first kappa shape index (κ1) is 17.0. The van der Waals surface area contributed by atoms with E-state index in [0.717, 1.165) is 33.3 Å². The van der Waals surface area contributed by atoms with Crippen LogP contribution in [-0.2, 0) is 0 Å². The highest BCUT2D eigenvalue weighted by molar-refractivity contribution is 7.09. The Morgan fingerprint density at radius 1 is 1.12 bits per heavy atom. The van der Waals surface area contributed by atoms with Crippen molar-refractivity contribution in [2.75, 3.05) is 17.7 Å². The van der Waals surface area contributed by atoms with E-state index in [1.165, 1.54) is 0 Å². The molecule has 6 heteroatoms. The third-order valence-electron chi connectivity index (χ3n) is 3.72. The number of nitrogens with one attached hydrogen (secondary N) is 2. The number of aromatic nitrogens is 1. The van der Waals surface area contributed by atoms with Crippen molar-refractivity contribution in [1.29, 1.82) is 0 Å². The topological polar surface area (TPSA) is 63.2 Å². The van der Waals surface area contributed by atoms with Gasteiger partial charge in [-0.25, -0.2) is 9.78 Å². The van der Waals surface area contributed by atoms with Crippen LogP contribution in [0, 0.1) is 13.8 Å². The molecule has 0 spiro atoms. The van der Waals surface area contributed by atoms with Gasteiger partial charge >= 0.3 is 6.03 Å². The molecule has 2 amide bonds. The number of hydrogen-bond acceptors (Lipinski definition) is 4. The van der Waals surface area contributed by atoms with Gasteiger partial charge in [0.25, 0.3) is 0 Å². The highest BCUT2D eigenvalue weighted by Gasteiger charge is 2.08. The highest BCUT2D eigenvalue weighted by atomic mass is 32.1. The number of urea groups is 1. The van der Waals surface area contributed by atoms with E-state index in [2.05, 4.69) is 15.6 Å². The number of carbonyl (C=O) groups is 1. The molecule has 3 rings (SSSR count). The van der Waals surface area contributed by atoms with Crippen LogP contribution >= 0.6 is 11.3 Å². The molecule has 25 heavy (non-hydrogen) atoms. The zero-order valence-corrected chi connectivity index (χ0v) is 15.1. The average molecular weight is 353 g/mol. The second-order valence-corrected chi connectivity index (χ2v) is 6.65. The standard InChI is InChI=1S/C19H19N3O2S/c1-12-9-16(24-3)7-8-17(12)22-19(23)21-15-6-4-5-14(10-15)18-11-25-13(2)20-18/h4-11H,1-3H3,(H2,21,22,23). The number of methoxy groups -OCH3 is 1. The summed E-state index contributed by atoms with van der Waals surface area (Å²) < 4.78 is 5.17. The first-order valence-electron chi connectivity index (χ1n) is 7.80. The number of ether oxygens (including phenoxy) is 1. The molecule has 0 fully saturated rings. The zero-order valence-electron chi connectivity index (χ0n) is 14.3. The summed E-state index contributed by atoms with van der Waals surface area (Å²) in [5.74, 6) is 0.759. The first-order chi connectivity index (χ1) is 12.0. The van der Waals surface area contributed by atoms with Crippen molar-refractivity contribution in [3.63, 3.8) is 0 Å². The molecule has 2 N–H and O–H groups in total. The molecule has 0 aliphatic rings. The van der Waals surface area contributed by atoms with Crippen molar-refractivity contribution in [2.45, 2.75) is 13.8 Å². The highest BCUT2D eigenvalue weighted by Crippen LogP contribution is 2.25. The molecule has 0 saturated heterocycles. The van der Waals surface area contributed by atoms with Crippen LogP contribution in [0.2, 0.25) is 0 Å². The predicted octanol–water partition coefficient (Wildman–Crippen LogP) is 5.08. The van der Waals surface area contributed by atoms with E-state index in [1.54, 1.807) is 18.4 Å². The van der Waals surface area contributed by atoms with Gasteiger partial charge in [0.15, 0.2) is 0 Å². The van der Waals surface area contributed by atoms with Gasteiger partial charge in [0.2, 0.25) is 0 Å². The third-order valence-corrected chi connectivity index (χ3v) is 4.49. The van der Waals surface area contributed by atoms with E-state index in [0.29, 0.717) is 5.69 Å². The number of carbonyl (C=O) groups excluding carboxylic acids is 1. The molecule has 2 aromatic carbocycles. The SMILES string of the molecule is COc1ccc(NC(=O)Nc2cccc(-c3csc(C)n3)c2)c(C)c1. The second-order valence-electron chi connectivity index (χ2n) is 5.59. The number of nitrogens with zero attached hydrogens (tertiary/aromatic N) is 1. The maximum atomic E-state index is 12.3. The molecule has 0 bridgehead atoms. The fraction of sp³-hybridized carbons (Fsp3) is 0.158. The molecule has 0 radical (unpaired) electrons. The van der Waals surface area contributed by atoms with Crippen LogP contribution in [0.15, 0.2) is 47.8 Å². The van der Waals surface area contributed by atoms with Crippen molar-refractivity contribution in [2.24, 2.45) is 0 Å². The van der Waals surface area contributed by atoms with E-state index in [9.17, 15) is 4.79 Å². The molecule has 1 aromatic heterocycles. The van der Waals surface area contributed by atoms with Crippen LogP contribution in [-0.4, -0.2) is 18.1 Å². The van der Waals surface area contributed by atoms with Gasteiger partial charge in [0, 0.05) is 22.3 Å². The largest absolute Gasteiger partial charge is 0.497 e. The van der Waals surface area contributed by atoms with Crippen molar-refractivity contribution < 1.29 is 9.53 Å². The maximum absolute atomic E-state index is 12.3. The molecule has 0 unspecified atom stereocenters. The van der Waals surface area contributed by atoms with Gasteiger partial charge in [0.05, 0.1) is 17.8 Å². The number of aryl methyl sites for hydroxylation is 2. The van der Waals surface area contributed by atoms with Crippen LogP contribution in [0.25, 0.3) is 11.3 Å². The third kappa shape index (κ3) is 4.16. The monoisotopic (exact) mass is 353 g/mol. The zero-order chi connectivity index (χ0) is 17.8. The number of anilines is 2. The van der Waals surface area contributed by atoms with Gasteiger partial charge in [-0.15, -0.1) is 11.3 Å². The Hall–Kier alpha value is -2.86. The summed E-state index contributed by atoms with van der Waals surface area (Å²) in [5.41, 5.74) is 4.28. The summed E-state index contributed by atoms with van der Waals surface area (Å²) in [7, 11) is 1.62. The maximum Gasteiger partial charge on any atom is 0.323 e. The Morgan fingerprint density at radius 3 is 2.64 bits per heavy atom. The van der Waals surface area contributed by atoms with Crippen molar-refractivity contribution in [1.82, 2.24) is 4.98 Å². The second kappa shape index (κ2) is 7.36. The molecule has 0 aliphatic carbocycles. The first-order valence-corrected chi connectivity index (χ1v) is 8.68. The molecular weight excluding hydrogens is 334 g/mol. The van der Waals surface area contributed by atoms with Crippen LogP contribution in [0.5, 0.6) is 5.75 Å². The number of amides is 2. The molecule has 1 heterocycles. The van der Waals surface area contributed by atoms with E-state index in [4.69, 9.17) is 4.74 Å². The average Bonchev–Trinajstić information content (AvgIpc) is 3.03. The fourth-order valence-corrected chi connectivity index (χ4v) is 3.06. The number of thiazole rings is 1. The minimum Gasteiger partial charge on any atom is -0.497 e. The Bertz CT molecular complexity index is 905. The molecule has 128 valence electrons. The Balaban J connectivity index is 1.71. The Labute approximate surface area is 150 Å². The molecule has 0 atom stereocenters. The number of hydrogen-bond donors (Lipinski definition) is 2. The van der Waals surface area contributed by atoms with Crippen molar-refractivity contribution in [3.8, 4) is 17.0 Å². The summed E-state index contributed by atoms with van der Waals surface area (Å²) in [6, 6.07) is 12.9. The summed E-state index contributed by atoms with van der Waals surface area (Å²) in [5, 5.41) is 8.74. The van der Waals surface area contributed by atoms with Crippen LogP contribution < -0.4 is 15.4 Å². The molecular formula is C19H19N3O2S. The van der Waals surface area contributed by atoms with Gasteiger partial charge < -0.3 is 15.4 Å². The smallest absolute Gasteiger partial charge is 0.323 e. The van der Waals surface area contributed by atoms with E-state index in [-0.39, 0.29) is 6.03 Å². The summed E-state index contributed by atoms with van der Waals surface area (Å²) in [6.07, 6.45) is 0. The Kier molecular flexibility index (Phi) is 5.00. The predicted molar refractivity (Wildman–Crippen MR) is 103 cm³/mol. The van der Waals surface area contributed by atoms with Crippen molar-refractivity contribution >= 4 is 28.7 Å². The van der Waals surface area contributed by atoms with E-state index >= 15 is 0 Å². The fourth-order valence-electron chi connectivity index (χ4n) is 2.44. The Morgan fingerprint density at radius 2 is 1.96 bits per heavy atom. The minimum atomic E-state index is -0.292. The quantitative estimate of drug-likeness (QED) is 0.687. The molecule has 0 saturated carbocycles. The van der Waals surface area contributed by atoms with Crippen LogP contribution in [0.4, 0.5) is 16.2 Å². The van der Waals surface area contributed by atoms with E-state index < -0.39 is 0 Å². The summed E-state index contributed by atoms with van der Waals surface area (Å²) >= 11 is 1.60. The normalized spacial score (nSPS) is 10.4. The van der Waals surface area contributed by atoms with Gasteiger partial charge in [0.1, 0.15) is 5.75 Å².